The average Bonchev–Trinajstić information content (AvgIpc) is 3.04. The molecule has 1 N–H and O–H groups in total. The number of morpholine rings is 1. The van der Waals surface area contributed by atoms with Crippen LogP contribution in [0.4, 0.5) is 11.8 Å². The fourth-order valence-electron chi connectivity index (χ4n) is 2.81. The zero-order valence-electron chi connectivity index (χ0n) is 14.6. The third-order valence-corrected chi connectivity index (χ3v) is 3.97. The first-order chi connectivity index (χ1) is 11.7. The second kappa shape index (κ2) is 7.57. The maximum atomic E-state index is 5.40. The molecule has 1 saturated heterocycles. The summed E-state index contributed by atoms with van der Waals surface area (Å²) in [6.07, 6.45) is 2.63. The van der Waals surface area contributed by atoms with Crippen molar-refractivity contribution in [2.24, 2.45) is 0 Å². The number of rotatable bonds is 6. The normalized spacial score (nSPS) is 16.2. The summed E-state index contributed by atoms with van der Waals surface area (Å²) in [7, 11) is 0. The van der Waals surface area contributed by atoms with Crippen LogP contribution in [0.2, 0.25) is 0 Å². The summed E-state index contributed by atoms with van der Waals surface area (Å²) in [4.78, 5) is 15.8. The largest absolute Gasteiger partial charge is 0.378 e. The molecular formula is C16H25N7O. The summed E-state index contributed by atoms with van der Waals surface area (Å²) >= 11 is 0. The standard InChI is InChI=1S/C16H25N7O/c1-4-5-23-15(17-11-18-23)13(3)20-14-10-12(2)19-16(21-14)22-6-8-24-9-7-22/h10-11,13H,4-9H2,1-3H3,(H,19,20,21). The summed E-state index contributed by atoms with van der Waals surface area (Å²) in [5, 5.41) is 7.72. The Morgan fingerprint density at radius 3 is 2.83 bits per heavy atom. The van der Waals surface area contributed by atoms with Gasteiger partial charge in [-0.25, -0.2) is 14.6 Å². The Morgan fingerprint density at radius 2 is 2.08 bits per heavy atom. The van der Waals surface area contributed by atoms with Crippen LogP contribution in [0.3, 0.4) is 0 Å². The zero-order chi connectivity index (χ0) is 16.9. The topological polar surface area (TPSA) is 81.0 Å². The molecule has 1 atom stereocenters. The maximum absolute atomic E-state index is 5.40. The van der Waals surface area contributed by atoms with Crippen molar-refractivity contribution in [1.82, 2.24) is 24.7 Å². The molecule has 8 heteroatoms. The SMILES string of the molecule is CCCn1ncnc1C(C)Nc1cc(C)nc(N2CCOCC2)n1. The van der Waals surface area contributed by atoms with Gasteiger partial charge in [-0.1, -0.05) is 6.92 Å². The Balaban J connectivity index is 1.76. The molecule has 0 aliphatic carbocycles. The van der Waals surface area contributed by atoms with E-state index in [0.717, 1.165) is 62.6 Å². The third kappa shape index (κ3) is 3.81. The van der Waals surface area contributed by atoms with Gasteiger partial charge in [0.25, 0.3) is 0 Å². The summed E-state index contributed by atoms with van der Waals surface area (Å²) in [5.74, 6) is 2.48. The van der Waals surface area contributed by atoms with Crippen LogP contribution in [0, 0.1) is 6.92 Å². The third-order valence-electron chi connectivity index (χ3n) is 3.97. The second-order valence-corrected chi connectivity index (χ2v) is 6.00. The van der Waals surface area contributed by atoms with Gasteiger partial charge < -0.3 is 15.0 Å². The predicted molar refractivity (Wildman–Crippen MR) is 92.2 cm³/mol. The molecule has 1 unspecified atom stereocenters. The molecule has 0 radical (unpaired) electrons. The molecule has 0 amide bonds. The summed E-state index contributed by atoms with van der Waals surface area (Å²) in [5.41, 5.74) is 0.941. The Bertz CT molecular complexity index is 666. The number of nitrogens with zero attached hydrogens (tertiary/aromatic N) is 6. The summed E-state index contributed by atoms with van der Waals surface area (Å²) in [6.45, 7) is 10.1. The minimum atomic E-state index is 0.0193. The number of aryl methyl sites for hydroxylation is 2. The monoisotopic (exact) mass is 331 g/mol. The lowest BCUT2D eigenvalue weighted by Gasteiger charge is -2.27. The number of nitrogens with one attached hydrogen (secondary N) is 1. The van der Waals surface area contributed by atoms with Crippen LogP contribution in [0.5, 0.6) is 0 Å². The molecule has 3 rings (SSSR count). The Hall–Kier alpha value is -2.22. The molecule has 0 aromatic carbocycles. The van der Waals surface area contributed by atoms with Crippen LogP contribution in [-0.4, -0.2) is 51.0 Å². The van der Waals surface area contributed by atoms with Gasteiger partial charge in [-0.05, 0) is 20.3 Å². The smallest absolute Gasteiger partial charge is 0.227 e. The fourth-order valence-corrected chi connectivity index (χ4v) is 2.81. The van der Waals surface area contributed by atoms with Crippen molar-refractivity contribution < 1.29 is 4.74 Å². The van der Waals surface area contributed by atoms with Crippen LogP contribution < -0.4 is 10.2 Å². The molecule has 1 aliphatic rings. The second-order valence-electron chi connectivity index (χ2n) is 6.00. The Labute approximate surface area is 142 Å². The van der Waals surface area contributed by atoms with Crippen molar-refractivity contribution in [1.29, 1.82) is 0 Å². The highest BCUT2D eigenvalue weighted by molar-refractivity contribution is 5.44. The van der Waals surface area contributed by atoms with Gasteiger partial charge in [-0.15, -0.1) is 0 Å². The van der Waals surface area contributed by atoms with Crippen LogP contribution in [0.15, 0.2) is 12.4 Å². The molecule has 2 aromatic rings. The lowest BCUT2D eigenvalue weighted by atomic mass is 10.3. The quantitative estimate of drug-likeness (QED) is 0.864. The number of anilines is 2. The van der Waals surface area contributed by atoms with Crippen molar-refractivity contribution in [3.05, 3.63) is 23.9 Å². The molecule has 0 bridgehead atoms. The van der Waals surface area contributed by atoms with Gasteiger partial charge >= 0.3 is 0 Å². The van der Waals surface area contributed by atoms with Crippen molar-refractivity contribution in [2.75, 3.05) is 36.5 Å². The predicted octanol–water partition coefficient (Wildman–Crippen LogP) is 1.80. The molecule has 0 saturated carbocycles. The number of ether oxygens (including phenoxy) is 1. The minimum Gasteiger partial charge on any atom is -0.378 e. The van der Waals surface area contributed by atoms with Crippen LogP contribution in [0.1, 0.15) is 37.8 Å². The van der Waals surface area contributed by atoms with Crippen LogP contribution in [0.25, 0.3) is 0 Å². The average molecular weight is 331 g/mol. The molecule has 130 valence electrons. The van der Waals surface area contributed by atoms with E-state index in [9.17, 15) is 0 Å². The molecule has 8 nitrogen and oxygen atoms in total. The summed E-state index contributed by atoms with van der Waals surface area (Å²) in [6, 6.07) is 1.98. The van der Waals surface area contributed by atoms with E-state index in [1.54, 1.807) is 6.33 Å². The molecule has 2 aromatic heterocycles. The van der Waals surface area contributed by atoms with E-state index in [0.29, 0.717) is 0 Å². The lowest BCUT2D eigenvalue weighted by Crippen LogP contribution is -2.37. The van der Waals surface area contributed by atoms with E-state index >= 15 is 0 Å². The van der Waals surface area contributed by atoms with E-state index in [1.807, 2.05) is 17.7 Å². The van der Waals surface area contributed by atoms with Crippen LogP contribution in [-0.2, 0) is 11.3 Å². The van der Waals surface area contributed by atoms with Gasteiger partial charge in [0.15, 0.2) is 0 Å². The van der Waals surface area contributed by atoms with Crippen molar-refractivity contribution in [2.45, 2.75) is 39.8 Å². The zero-order valence-corrected chi connectivity index (χ0v) is 14.6. The molecule has 3 heterocycles. The Kier molecular flexibility index (Phi) is 5.24. The first-order valence-corrected chi connectivity index (χ1v) is 8.50. The molecule has 24 heavy (non-hydrogen) atoms. The molecule has 1 aliphatic heterocycles. The van der Waals surface area contributed by atoms with Gasteiger partial charge in [-0.2, -0.15) is 10.1 Å². The highest BCUT2D eigenvalue weighted by atomic mass is 16.5. The summed E-state index contributed by atoms with van der Waals surface area (Å²) < 4.78 is 7.34. The van der Waals surface area contributed by atoms with Gasteiger partial charge in [0.2, 0.25) is 5.95 Å². The highest BCUT2D eigenvalue weighted by Crippen LogP contribution is 2.20. The van der Waals surface area contributed by atoms with E-state index < -0.39 is 0 Å². The van der Waals surface area contributed by atoms with Crippen molar-refractivity contribution in [3.63, 3.8) is 0 Å². The van der Waals surface area contributed by atoms with Crippen molar-refractivity contribution >= 4 is 11.8 Å². The fraction of sp³-hybridized carbons (Fsp3) is 0.625. The minimum absolute atomic E-state index is 0.0193. The van der Waals surface area contributed by atoms with Gasteiger partial charge in [0, 0.05) is 31.4 Å². The number of hydrogen-bond donors (Lipinski definition) is 1. The lowest BCUT2D eigenvalue weighted by molar-refractivity contribution is 0.122. The molecule has 0 spiro atoms. The van der Waals surface area contributed by atoms with Gasteiger partial charge in [0.05, 0.1) is 19.3 Å². The highest BCUT2D eigenvalue weighted by Gasteiger charge is 2.17. The van der Waals surface area contributed by atoms with E-state index in [1.165, 1.54) is 0 Å². The number of hydrogen-bond acceptors (Lipinski definition) is 7. The van der Waals surface area contributed by atoms with E-state index in [-0.39, 0.29) is 6.04 Å². The van der Waals surface area contributed by atoms with Gasteiger partial charge in [-0.3, -0.25) is 0 Å². The Morgan fingerprint density at radius 1 is 1.29 bits per heavy atom. The molecule has 1 fully saturated rings. The first kappa shape index (κ1) is 16.6. The van der Waals surface area contributed by atoms with E-state index in [4.69, 9.17) is 4.74 Å². The van der Waals surface area contributed by atoms with Crippen LogP contribution >= 0.6 is 0 Å². The first-order valence-electron chi connectivity index (χ1n) is 8.50. The maximum Gasteiger partial charge on any atom is 0.227 e. The van der Waals surface area contributed by atoms with E-state index in [2.05, 4.69) is 44.1 Å². The number of aromatic nitrogens is 5. The molecular weight excluding hydrogens is 306 g/mol. The van der Waals surface area contributed by atoms with Crippen molar-refractivity contribution in [3.8, 4) is 0 Å². The van der Waals surface area contributed by atoms with Gasteiger partial charge in [0.1, 0.15) is 18.0 Å².